The number of amides is 1. The topological polar surface area (TPSA) is 73.2 Å². The molecule has 1 amide bonds. The number of nitrogens with zero attached hydrogens (tertiary/aromatic N) is 2. The second kappa shape index (κ2) is 8.46. The molecule has 0 radical (unpaired) electrons. The lowest BCUT2D eigenvalue weighted by Gasteiger charge is -2.10. The molecule has 1 heterocycles. The highest BCUT2D eigenvalue weighted by Gasteiger charge is 2.17. The van der Waals surface area contributed by atoms with Gasteiger partial charge in [-0.15, -0.1) is 0 Å². The maximum absolute atomic E-state index is 12.5. The average Bonchev–Trinajstić information content (AvgIpc) is 3.05. The third kappa shape index (κ3) is 4.18. The van der Waals surface area contributed by atoms with Gasteiger partial charge in [0.1, 0.15) is 5.56 Å². The predicted octanol–water partition coefficient (Wildman–Crippen LogP) is 4.92. The quantitative estimate of drug-likeness (QED) is 0.598. The van der Waals surface area contributed by atoms with Gasteiger partial charge in [0.15, 0.2) is 0 Å². The van der Waals surface area contributed by atoms with Crippen LogP contribution in [-0.4, -0.2) is 28.3 Å². The van der Waals surface area contributed by atoms with Crippen molar-refractivity contribution in [1.82, 2.24) is 9.78 Å². The first kappa shape index (κ1) is 19.9. The number of anilines is 1. The SMILES string of the molecule is CCOC(=O)c1cnn(-c2cccc(NC(=O)c3cc(Cl)ccc3Cl)c2)c1C. The number of rotatable bonds is 5. The normalized spacial score (nSPS) is 10.6. The van der Waals surface area contributed by atoms with Crippen molar-refractivity contribution in [3.63, 3.8) is 0 Å². The van der Waals surface area contributed by atoms with E-state index in [1.54, 1.807) is 48.9 Å². The fourth-order valence-corrected chi connectivity index (χ4v) is 3.04. The molecular weight excluding hydrogens is 401 g/mol. The van der Waals surface area contributed by atoms with E-state index in [2.05, 4.69) is 10.4 Å². The number of hydrogen-bond donors (Lipinski definition) is 1. The van der Waals surface area contributed by atoms with E-state index in [1.807, 2.05) is 6.07 Å². The summed E-state index contributed by atoms with van der Waals surface area (Å²) in [6.07, 6.45) is 1.46. The number of nitrogens with one attached hydrogen (secondary N) is 1. The minimum Gasteiger partial charge on any atom is -0.462 e. The van der Waals surface area contributed by atoms with Crippen molar-refractivity contribution in [3.05, 3.63) is 75.5 Å². The highest BCUT2D eigenvalue weighted by Crippen LogP contribution is 2.23. The number of aromatic nitrogens is 2. The Kier molecular flexibility index (Phi) is 6.02. The molecule has 0 aliphatic rings. The summed E-state index contributed by atoms with van der Waals surface area (Å²) in [5.74, 6) is -0.805. The molecule has 28 heavy (non-hydrogen) atoms. The molecule has 2 aromatic carbocycles. The molecule has 0 bridgehead atoms. The van der Waals surface area contributed by atoms with Gasteiger partial charge in [-0.2, -0.15) is 5.10 Å². The summed E-state index contributed by atoms with van der Waals surface area (Å²) in [5, 5.41) is 7.77. The fraction of sp³-hybridized carbons (Fsp3) is 0.150. The third-order valence-corrected chi connectivity index (χ3v) is 4.59. The Bertz CT molecular complexity index is 1050. The Morgan fingerprint density at radius 3 is 2.68 bits per heavy atom. The maximum Gasteiger partial charge on any atom is 0.341 e. The zero-order valence-corrected chi connectivity index (χ0v) is 16.7. The summed E-state index contributed by atoms with van der Waals surface area (Å²) in [6.45, 7) is 3.81. The second-order valence-corrected chi connectivity index (χ2v) is 6.75. The molecule has 0 fully saturated rings. The molecule has 0 saturated heterocycles. The van der Waals surface area contributed by atoms with Crippen LogP contribution >= 0.6 is 23.2 Å². The van der Waals surface area contributed by atoms with Crippen LogP contribution in [0.1, 0.15) is 33.3 Å². The van der Waals surface area contributed by atoms with Gasteiger partial charge >= 0.3 is 5.97 Å². The van der Waals surface area contributed by atoms with Crippen molar-refractivity contribution < 1.29 is 14.3 Å². The summed E-state index contributed by atoms with van der Waals surface area (Å²) in [4.78, 5) is 24.5. The molecule has 1 N–H and O–H groups in total. The van der Waals surface area contributed by atoms with Gasteiger partial charge in [-0.3, -0.25) is 4.79 Å². The molecule has 6 nitrogen and oxygen atoms in total. The predicted molar refractivity (Wildman–Crippen MR) is 109 cm³/mol. The van der Waals surface area contributed by atoms with Crippen molar-refractivity contribution in [2.75, 3.05) is 11.9 Å². The van der Waals surface area contributed by atoms with E-state index < -0.39 is 5.97 Å². The summed E-state index contributed by atoms with van der Waals surface area (Å²) >= 11 is 12.0. The molecular formula is C20H17Cl2N3O3. The number of halogens is 2. The Labute approximate surface area is 172 Å². The Morgan fingerprint density at radius 2 is 1.93 bits per heavy atom. The van der Waals surface area contributed by atoms with E-state index in [1.165, 1.54) is 12.3 Å². The Morgan fingerprint density at radius 1 is 1.14 bits per heavy atom. The molecule has 3 rings (SSSR count). The van der Waals surface area contributed by atoms with Crippen molar-refractivity contribution >= 4 is 40.8 Å². The second-order valence-electron chi connectivity index (χ2n) is 5.90. The van der Waals surface area contributed by atoms with E-state index in [-0.39, 0.29) is 18.1 Å². The number of esters is 1. The van der Waals surface area contributed by atoms with Gasteiger partial charge < -0.3 is 10.1 Å². The number of carbonyl (C=O) groups excluding carboxylic acids is 2. The van der Waals surface area contributed by atoms with E-state index in [0.29, 0.717) is 32.7 Å². The maximum atomic E-state index is 12.5. The van der Waals surface area contributed by atoms with Gasteiger partial charge in [0.2, 0.25) is 0 Å². The van der Waals surface area contributed by atoms with Crippen molar-refractivity contribution in [2.45, 2.75) is 13.8 Å². The van der Waals surface area contributed by atoms with Crippen LogP contribution in [0.15, 0.2) is 48.7 Å². The van der Waals surface area contributed by atoms with Gasteiger partial charge in [-0.1, -0.05) is 29.3 Å². The minimum absolute atomic E-state index is 0.277. The van der Waals surface area contributed by atoms with Crippen LogP contribution in [-0.2, 0) is 4.74 Å². The highest BCUT2D eigenvalue weighted by molar-refractivity contribution is 6.36. The Hall–Kier alpha value is -2.83. The summed E-state index contributed by atoms with van der Waals surface area (Å²) in [5.41, 5.74) is 2.54. The first-order chi connectivity index (χ1) is 13.4. The van der Waals surface area contributed by atoms with Gasteiger partial charge in [0.05, 0.1) is 34.8 Å². The molecule has 0 aliphatic heterocycles. The molecule has 3 aromatic rings. The molecule has 0 aliphatic carbocycles. The Balaban J connectivity index is 1.86. The molecule has 144 valence electrons. The van der Waals surface area contributed by atoms with Crippen molar-refractivity contribution in [2.24, 2.45) is 0 Å². The zero-order valence-electron chi connectivity index (χ0n) is 15.2. The highest BCUT2D eigenvalue weighted by atomic mass is 35.5. The molecule has 0 saturated carbocycles. The summed E-state index contributed by atoms with van der Waals surface area (Å²) in [7, 11) is 0. The molecule has 1 aromatic heterocycles. The number of benzene rings is 2. The molecule has 0 spiro atoms. The van der Waals surface area contributed by atoms with Gasteiger partial charge in [-0.25, -0.2) is 9.48 Å². The van der Waals surface area contributed by atoms with E-state index in [4.69, 9.17) is 27.9 Å². The number of ether oxygens (including phenoxy) is 1. The van der Waals surface area contributed by atoms with Gasteiger partial charge in [0, 0.05) is 10.7 Å². The standard InChI is InChI=1S/C20H17Cl2N3O3/c1-3-28-20(27)17-11-23-25(12(17)2)15-6-4-5-14(10-15)24-19(26)16-9-13(21)7-8-18(16)22/h4-11H,3H2,1-2H3,(H,24,26). The van der Waals surface area contributed by atoms with Crippen LogP contribution in [0.2, 0.25) is 10.0 Å². The van der Waals surface area contributed by atoms with Crippen LogP contribution in [0.25, 0.3) is 5.69 Å². The van der Waals surface area contributed by atoms with E-state index in [9.17, 15) is 9.59 Å². The van der Waals surface area contributed by atoms with Crippen LogP contribution in [0.5, 0.6) is 0 Å². The lowest BCUT2D eigenvalue weighted by molar-refractivity contribution is 0.0525. The van der Waals surface area contributed by atoms with Crippen LogP contribution in [0, 0.1) is 6.92 Å². The van der Waals surface area contributed by atoms with Crippen molar-refractivity contribution in [3.8, 4) is 5.69 Å². The van der Waals surface area contributed by atoms with E-state index >= 15 is 0 Å². The summed E-state index contributed by atoms with van der Waals surface area (Å²) in [6, 6.07) is 11.8. The minimum atomic E-state index is -0.425. The van der Waals surface area contributed by atoms with Gasteiger partial charge in [0.25, 0.3) is 5.91 Å². The lowest BCUT2D eigenvalue weighted by atomic mass is 10.2. The number of carbonyl (C=O) groups is 2. The fourth-order valence-electron chi connectivity index (χ4n) is 2.66. The molecule has 0 atom stereocenters. The number of hydrogen-bond acceptors (Lipinski definition) is 4. The monoisotopic (exact) mass is 417 g/mol. The van der Waals surface area contributed by atoms with Crippen LogP contribution in [0.3, 0.4) is 0 Å². The van der Waals surface area contributed by atoms with Crippen LogP contribution < -0.4 is 5.32 Å². The largest absolute Gasteiger partial charge is 0.462 e. The third-order valence-electron chi connectivity index (χ3n) is 4.03. The lowest BCUT2D eigenvalue weighted by Crippen LogP contribution is -2.13. The van der Waals surface area contributed by atoms with Gasteiger partial charge in [-0.05, 0) is 50.2 Å². The van der Waals surface area contributed by atoms with Crippen LogP contribution in [0.4, 0.5) is 5.69 Å². The smallest absolute Gasteiger partial charge is 0.341 e. The molecule has 8 heteroatoms. The molecule has 0 unspecified atom stereocenters. The summed E-state index contributed by atoms with van der Waals surface area (Å²) < 4.78 is 6.64. The first-order valence-electron chi connectivity index (χ1n) is 8.49. The first-order valence-corrected chi connectivity index (χ1v) is 9.25. The van der Waals surface area contributed by atoms with E-state index in [0.717, 1.165) is 0 Å². The zero-order chi connectivity index (χ0) is 20.3. The average molecular weight is 418 g/mol. The van der Waals surface area contributed by atoms with Crippen molar-refractivity contribution in [1.29, 1.82) is 0 Å².